The van der Waals surface area contributed by atoms with E-state index in [1.807, 2.05) is 6.92 Å². The predicted octanol–water partition coefficient (Wildman–Crippen LogP) is 4.43. The van der Waals surface area contributed by atoms with Gasteiger partial charge in [0.2, 0.25) is 0 Å². The first-order chi connectivity index (χ1) is 9.15. The lowest BCUT2D eigenvalue weighted by Crippen LogP contribution is -2.36. The second-order valence-electron chi connectivity index (χ2n) is 4.33. The molecular formula is C12H19F5O2S. The largest absolute Gasteiger partial charge is 0.468 e. The van der Waals surface area contributed by atoms with Crippen LogP contribution in [0.5, 0.6) is 0 Å². The van der Waals surface area contributed by atoms with Gasteiger partial charge in [0.1, 0.15) is 5.25 Å². The molecule has 1 unspecified atom stereocenters. The van der Waals surface area contributed by atoms with Gasteiger partial charge in [-0.1, -0.05) is 19.8 Å². The summed E-state index contributed by atoms with van der Waals surface area (Å²) in [6.07, 6.45) is -4.92. The van der Waals surface area contributed by atoms with E-state index in [4.69, 9.17) is 0 Å². The molecular weight excluding hydrogens is 303 g/mol. The molecule has 0 aliphatic carbocycles. The number of hydrogen-bond acceptors (Lipinski definition) is 3. The van der Waals surface area contributed by atoms with E-state index in [-0.39, 0.29) is 12.2 Å². The van der Waals surface area contributed by atoms with Crippen molar-refractivity contribution >= 4 is 17.7 Å². The van der Waals surface area contributed by atoms with Gasteiger partial charge < -0.3 is 4.74 Å². The lowest BCUT2D eigenvalue weighted by molar-refractivity contribution is -0.284. The highest BCUT2D eigenvalue weighted by Gasteiger charge is 2.56. The van der Waals surface area contributed by atoms with Crippen molar-refractivity contribution in [3.63, 3.8) is 0 Å². The smallest absolute Gasteiger partial charge is 0.453 e. The van der Waals surface area contributed by atoms with Gasteiger partial charge in [0.05, 0.1) is 7.11 Å². The Morgan fingerprint density at radius 2 is 1.80 bits per heavy atom. The highest BCUT2D eigenvalue weighted by molar-refractivity contribution is 8.00. The molecule has 0 bridgehead atoms. The number of unbranched alkanes of at least 4 members (excludes halogenated alkanes) is 1. The van der Waals surface area contributed by atoms with E-state index in [1.54, 1.807) is 0 Å². The van der Waals surface area contributed by atoms with Crippen LogP contribution in [0, 0.1) is 0 Å². The average molecular weight is 322 g/mol. The summed E-state index contributed by atoms with van der Waals surface area (Å²) < 4.78 is 65.7. The van der Waals surface area contributed by atoms with Crippen molar-refractivity contribution in [2.24, 2.45) is 0 Å². The molecule has 0 saturated carbocycles. The quantitative estimate of drug-likeness (QED) is 0.357. The molecule has 0 aliphatic heterocycles. The Balaban J connectivity index is 4.15. The zero-order chi connectivity index (χ0) is 15.8. The molecule has 2 nitrogen and oxygen atoms in total. The van der Waals surface area contributed by atoms with Crippen molar-refractivity contribution in [2.45, 2.75) is 56.4 Å². The lowest BCUT2D eigenvalue weighted by atomic mass is 10.2. The standard InChI is InChI=1S/C12H19F5O2S/c1-3-4-6-9(10(18)19-2)20-8-5-7-11(13,14)12(15,16)17/h9H,3-8H2,1-2H3. The molecule has 0 aliphatic rings. The minimum Gasteiger partial charge on any atom is -0.468 e. The zero-order valence-corrected chi connectivity index (χ0v) is 12.3. The van der Waals surface area contributed by atoms with Crippen LogP contribution in [-0.4, -0.2) is 36.2 Å². The summed E-state index contributed by atoms with van der Waals surface area (Å²) in [6, 6.07) is 0. The molecule has 120 valence electrons. The Morgan fingerprint density at radius 1 is 1.20 bits per heavy atom. The molecule has 0 radical (unpaired) electrons. The van der Waals surface area contributed by atoms with Crippen molar-refractivity contribution in [3.8, 4) is 0 Å². The summed E-state index contributed by atoms with van der Waals surface area (Å²) in [5, 5.41) is -0.501. The number of esters is 1. The predicted molar refractivity (Wildman–Crippen MR) is 68.0 cm³/mol. The lowest BCUT2D eigenvalue weighted by Gasteiger charge is -2.19. The first-order valence-corrected chi connectivity index (χ1v) is 7.34. The number of rotatable bonds is 9. The fraction of sp³-hybridized carbons (Fsp3) is 0.917. The number of alkyl halides is 5. The third kappa shape index (κ3) is 6.76. The molecule has 1 atom stereocenters. The van der Waals surface area contributed by atoms with Crippen molar-refractivity contribution in [2.75, 3.05) is 12.9 Å². The van der Waals surface area contributed by atoms with E-state index in [2.05, 4.69) is 4.74 Å². The molecule has 0 aromatic carbocycles. The topological polar surface area (TPSA) is 26.3 Å². The number of methoxy groups -OCH3 is 1. The Labute approximate surface area is 119 Å². The minimum atomic E-state index is -5.51. The summed E-state index contributed by atoms with van der Waals surface area (Å²) in [4.78, 5) is 11.4. The van der Waals surface area contributed by atoms with Crippen LogP contribution in [0.25, 0.3) is 0 Å². The van der Waals surface area contributed by atoms with E-state index in [0.717, 1.165) is 24.6 Å². The van der Waals surface area contributed by atoms with E-state index in [9.17, 15) is 26.7 Å². The highest BCUT2D eigenvalue weighted by atomic mass is 32.2. The maximum absolute atomic E-state index is 12.7. The van der Waals surface area contributed by atoms with Gasteiger partial charge in [-0.05, 0) is 18.6 Å². The zero-order valence-electron chi connectivity index (χ0n) is 11.4. The number of thioether (sulfide) groups is 1. The summed E-state index contributed by atoms with van der Waals surface area (Å²) in [5.74, 6) is -5.07. The fourth-order valence-electron chi connectivity index (χ4n) is 1.45. The molecule has 0 aromatic heterocycles. The fourth-order valence-corrected chi connectivity index (χ4v) is 2.61. The van der Waals surface area contributed by atoms with Crippen molar-refractivity contribution < 1.29 is 31.5 Å². The van der Waals surface area contributed by atoms with Crippen LogP contribution in [0.1, 0.15) is 39.0 Å². The number of hydrogen-bond donors (Lipinski definition) is 0. The minimum absolute atomic E-state index is 0.0646. The maximum Gasteiger partial charge on any atom is 0.453 e. The SMILES string of the molecule is CCCCC(SCCCC(F)(F)C(F)(F)F)C(=O)OC. The highest BCUT2D eigenvalue weighted by Crippen LogP contribution is 2.39. The molecule has 0 aromatic rings. The summed E-state index contributed by atoms with van der Waals surface area (Å²) in [5.41, 5.74) is 0. The van der Waals surface area contributed by atoms with Crippen molar-refractivity contribution in [1.29, 1.82) is 0 Å². The van der Waals surface area contributed by atoms with Gasteiger partial charge in [0.25, 0.3) is 0 Å². The normalized spacial score (nSPS) is 14.2. The van der Waals surface area contributed by atoms with Crippen molar-refractivity contribution in [3.05, 3.63) is 0 Å². The van der Waals surface area contributed by atoms with Gasteiger partial charge in [-0.15, -0.1) is 11.8 Å². The first kappa shape index (κ1) is 19.5. The molecule has 8 heteroatoms. The number of carbonyl (C=O) groups is 1. The van der Waals surface area contributed by atoms with Gasteiger partial charge >= 0.3 is 18.1 Å². The molecule has 0 saturated heterocycles. The monoisotopic (exact) mass is 322 g/mol. The van der Waals surface area contributed by atoms with Crippen LogP contribution >= 0.6 is 11.8 Å². The number of ether oxygens (including phenoxy) is 1. The molecule has 0 heterocycles. The first-order valence-electron chi connectivity index (χ1n) is 6.29. The summed E-state index contributed by atoms with van der Waals surface area (Å²) in [7, 11) is 1.22. The molecule has 0 amide bonds. The summed E-state index contributed by atoms with van der Waals surface area (Å²) >= 11 is 1.07. The van der Waals surface area contributed by atoms with Crippen LogP contribution < -0.4 is 0 Å². The molecule has 0 rings (SSSR count). The summed E-state index contributed by atoms with van der Waals surface area (Å²) in [6.45, 7) is 1.93. The molecule has 0 spiro atoms. The van der Waals surface area contributed by atoms with E-state index >= 15 is 0 Å². The Bertz CT molecular complexity index is 294. The molecule has 20 heavy (non-hydrogen) atoms. The van der Waals surface area contributed by atoms with Crippen LogP contribution in [0.4, 0.5) is 22.0 Å². The average Bonchev–Trinajstić information content (AvgIpc) is 2.35. The van der Waals surface area contributed by atoms with Crippen LogP contribution in [0.3, 0.4) is 0 Å². The van der Waals surface area contributed by atoms with Crippen LogP contribution in [0.2, 0.25) is 0 Å². The second kappa shape index (κ2) is 8.69. The molecule has 0 fully saturated rings. The third-order valence-electron chi connectivity index (χ3n) is 2.65. The van der Waals surface area contributed by atoms with Gasteiger partial charge in [-0.2, -0.15) is 22.0 Å². The van der Waals surface area contributed by atoms with Gasteiger partial charge in [0, 0.05) is 6.42 Å². The van der Waals surface area contributed by atoms with E-state index < -0.39 is 29.7 Å². The van der Waals surface area contributed by atoms with Crippen LogP contribution in [-0.2, 0) is 9.53 Å². The Kier molecular flexibility index (Phi) is 8.46. The van der Waals surface area contributed by atoms with E-state index in [1.165, 1.54) is 7.11 Å². The number of carbonyl (C=O) groups excluding carboxylic acids is 1. The van der Waals surface area contributed by atoms with Gasteiger partial charge in [-0.3, -0.25) is 4.79 Å². The Hall–Kier alpha value is -0.530. The van der Waals surface area contributed by atoms with Gasteiger partial charge in [-0.25, -0.2) is 0 Å². The number of halogens is 5. The van der Waals surface area contributed by atoms with Crippen molar-refractivity contribution in [1.82, 2.24) is 0 Å². The third-order valence-corrected chi connectivity index (χ3v) is 4.01. The maximum atomic E-state index is 12.7. The van der Waals surface area contributed by atoms with E-state index in [0.29, 0.717) is 6.42 Å². The molecule has 0 N–H and O–H groups in total. The van der Waals surface area contributed by atoms with Crippen LogP contribution in [0.15, 0.2) is 0 Å². The second-order valence-corrected chi connectivity index (χ2v) is 5.64. The Morgan fingerprint density at radius 3 is 2.25 bits per heavy atom. The van der Waals surface area contributed by atoms with Gasteiger partial charge in [0.15, 0.2) is 0 Å².